The molecule has 1 heterocycles. The summed E-state index contributed by atoms with van der Waals surface area (Å²) in [6.45, 7) is 3.96. The van der Waals surface area contributed by atoms with Gasteiger partial charge in [-0.25, -0.2) is 0 Å². The molecule has 116 valence electrons. The number of fused-ring (bicyclic) bond motifs is 1. The van der Waals surface area contributed by atoms with Gasteiger partial charge in [0.1, 0.15) is 6.10 Å². The second-order valence-electron chi connectivity index (χ2n) is 6.83. The lowest BCUT2D eigenvalue weighted by Gasteiger charge is -2.24. The number of halogens is 1. The van der Waals surface area contributed by atoms with Crippen LogP contribution >= 0.6 is 15.9 Å². The maximum Gasteiger partial charge on any atom is 0.310 e. The first-order valence-corrected chi connectivity index (χ1v) is 8.53. The number of rotatable bonds is 2. The van der Waals surface area contributed by atoms with E-state index in [1.165, 1.54) is 0 Å². The van der Waals surface area contributed by atoms with Crippen LogP contribution in [0.2, 0.25) is 0 Å². The first-order chi connectivity index (χ1) is 10.5. The Kier molecular flexibility index (Phi) is 3.12. The fourth-order valence-electron chi connectivity index (χ4n) is 4.68. The van der Waals surface area contributed by atoms with Gasteiger partial charge in [0.2, 0.25) is 5.91 Å². The molecule has 2 bridgehead atoms. The van der Waals surface area contributed by atoms with Crippen LogP contribution in [0.1, 0.15) is 24.0 Å². The van der Waals surface area contributed by atoms with Crippen LogP contribution in [0.3, 0.4) is 0 Å². The quantitative estimate of drug-likeness (QED) is 0.820. The van der Waals surface area contributed by atoms with E-state index in [1.54, 1.807) is 0 Å². The minimum Gasteiger partial charge on any atom is -0.462 e. The van der Waals surface area contributed by atoms with Gasteiger partial charge in [0.15, 0.2) is 0 Å². The Balaban J connectivity index is 1.60. The van der Waals surface area contributed by atoms with Gasteiger partial charge in [-0.1, -0.05) is 15.9 Å². The molecule has 3 fully saturated rings. The van der Waals surface area contributed by atoms with Crippen LogP contribution in [0.15, 0.2) is 16.6 Å². The molecule has 1 N–H and O–H groups in total. The fraction of sp³-hybridized carbons (Fsp3) is 0.529. The van der Waals surface area contributed by atoms with Crippen molar-refractivity contribution in [2.75, 3.05) is 5.32 Å². The van der Waals surface area contributed by atoms with Gasteiger partial charge < -0.3 is 10.1 Å². The van der Waals surface area contributed by atoms with Crippen molar-refractivity contribution in [1.29, 1.82) is 0 Å². The number of anilines is 1. The van der Waals surface area contributed by atoms with Crippen LogP contribution < -0.4 is 5.32 Å². The minimum atomic E-state index is -0.223. The number of benzene rings is 1. The average molecular weight is 364 g/mol. The zero-order valence-electron chi connectivity index (χ0n) is 12.6. The summed E-state index contributed by atoms with van der Waals surface area (Å²) in [5.74, 6) is -0.0795. The number of hydrogen-bond acceptors (Lipinski definition) is 3. The van der Waals surface area contributed by atoms with E-state index < -0.39 is 0 Å². The van der Waals surface area contributed by atoms with Crippen molar-refractivity contribution in [1.82, 2.24) is 0 Å². The highest BCUT2D eigenvalue weighted by Gasteiger charge is 2.63. The van der Waals surface area contributed by atoms with Crippen LogP contribution in [0, 0.1) is 37.5 Å². The third kappa shape index (κ3) is 1.94. The molecule has 0 radical (unpaired) electrons. The van der Waals surface area contributed by atoms with Gasteiger partial charge >= 0.3 is 5.97 Å². The number of ether oxygens (including phenoxy) is 1. The van der Waals surface area contributed by atoms with E-state index >= 15 is 0 Å². The van der Waals surface area contributed by atoms with E-state index in [-0.39, 0.29) is 35.7 Å². The molecule has 2 saturated carbocycles. The van der Waals surface area contributed by atoms with Gasteiger partial charge in [0.05, 0.1) is 11.8 Å². The molecule has 5 atom stereocenters. The van der Waals surface area contributed by atoms with Crippen molar-refractivity contribution in [2.45, 2.75) is 32.8 Å². The predicted octanol–water partition coefficient (Wildman–Crippen LogP) is 3.20. The number of esters is 1. The highest BCUT2D eigenvalue weighted by molar-refractivity contribution is 9.10. The SMILES string of the molecule is Cc1cc(Br)cc(C)c1NC(=O)[C@H]1[C@@H]2C[C@H]3[C@@H]1C(=O)O[C@@H]3C2. The standard InChI is InChI=1S/C17H18BrNO3/c1-7-3-10(18)4-8(2)15(7)19-16(20)13-9-5-11-12(6-9)22-17(21)14(11)13/h3-4,9,11-14H,5-6H2,1-2H3,(H,19,20)/t9-,11-,12-,13+,14+/m1/s1. The summed E-state index contributed by atoms with van der Waals surface area (Å²) in [4.78, 5) is 24.8. The van der Waals surface area contributed by atoms with Crippen molar-refractivity contribution in [3.05, 3.63) is 27.7 Å². The smallest absolute Gasteiger partial charge is 0.310 e. The molecular formula is C17H18BrNO3. The van der Waals surface area contributed by atoms with E-state index in [0.717, 1.165) is 34.1 Å². The van der Waals surface area contributed by atoms with Crippen LogP contribution in [0.5, 0.6) is 0 Å². The second kappa shape index (κ2) is 4.82. The Morgan fingerprint density at radius 1 is 1.27 bits per heavy atom. The summed E-state index contributed by atoms with van der Waals surface area (Å²) in [5.41, 5.74) is 2.91. The molecule has 4 rings (SSSR count). The van der Waals surface area contributed by atoms with Crippen LogP contribution in [-0.2, 0) is 14.3 Å². The van der Waals surface area contributed by atoms with E-state index in [4.69, 9.17) is 4.74 Å². The summed E-state index contributed by atoms with van der Waals surface area (Å²) >= 11 is 3.47. The molecule has 22 heavy (non-hydrogen) atoms. The monoisotopic (exact) mass is 363 g/mol. The molecule has 0 spiro atoms. The first kappa shape index (κ1) is 14.2. The Bertz CT molecular complexity index is 661. The molecule has 0 unspecified atom stereocenters. The number of amides is 1. The summed E-state index contributed by atoms with van der Waals surface area (Å²) in [5, 5.41) is 3.07. The van der Waals surface area contributed by atoms with Crippen molar-refractivity contribution in [3.63, 3.8) is 0 Å². The topological polar surface area (TPSA) is 55.4 Å². The van der Waals surface area contributed by atoms with Gasteiger partial charge in [-0.05, 0) is 55.9 Å². The van der Waals surface area contributed by atoms with E-state index in [0.29, 0.717) is 5.92 Å². The molecule has 0 aromatic heterocycles. The summed E-state index contributed by atoms with van der Waals surface area (Å²) in [7, 11) is 0. The van der Waals surface area contributed by atoms with Crippen LogP contribution in [-0.4, -0.2) is 18.0 Å². The third-order valence-electron chi connectivity index (χ3n) is 5.53. The zero-order chi connectivity index (χ0) is 15.6. The normalized spacial score (nSPS) is 34.9. The Morgan fingerprint density at radius 2 is 1.95 bits per heavy atom. The third-order valence-corrected chi connectivity index (χ3v) is 5.99. The molecule has 4 nitrogen and oxygen atoms in total. The Hall–Kier alpha value is -1.36. The predicted molar refractivity (Wildman–Crippen MR) is 85.3 cm³/mol. The van der Waals surface area contributed by atoms with Crippen molar-refractivity contribution in [2.24, 2.45) is 23.7 Å². The molecule has 3 aliphatic rings. The summed E-state index contributed by atoms with van der Waals surface area (Å²) in [6, 6.07) is 3.98. The van der Waals surface area contributed by atoms with Crippen LogP contribution in [0.25, 0.3) is 0 Å². The number of aryl methyl sites for hydroxylation is 2. The largest absolute Gasteiger partial charge is 0.462 e. The second-order valence-corrected chi connectivity index (χ2v) is 7.74. The molecule has 1 aromatic carbocycles. The van der Waals surface area contributed by atoms with Gasteiger partial charge in [0.25, 0.3) is 0 Å². The van der Waals surface area contributed by atoms with Crippen molar-refractivity contribution in [3.8, 4) is 0 Å². The Morgan fingerprint density at radius 3 is 2.64 bits per heavy atom. The highest BCUT2D eigenvalue weighted by atomic mass is 79.9. The average Bonchev–Trinajstić information content (AvgIpc) is 3.03. The van der Waals surface area contributed by atoms with Gasteiger partial charge in [-0.15, -0.1) is 0 Å². The lowest BCUT2D eigenvalue weighted by atomic mass is 9.79. The first-order valence-electron chi connectivity index (χ1n) is 7.74. The number of carbonyl (C=O) groups is 2. The highest BCUT2D eigenvalue weighted by Crippen LogP contribution is 2.57. The molecule has 2 aliphatic carbocycles. The van der Waals surface area contributed by atoms with Crippen LogP contribution in [0.4, 0.5) is 5.69 Å². The van der Waals surface area contributed by atoms with Gasteiger partial charge in [0, 0.05) is 16.1 Å². The van der Waals surface area contributed by atoms with E-state index in [1.807, 2.05) is 26.0 Å². The lowest BCUT2D eigenvalue weighted by Crippen LogP contribution is -2.36. The maximum atomic E-state index is 12.8. The van der Waals surface area contributed by atoms with Crippen molar-refractivity contribution < 1.29 is 14.3 Å². The molecule has 5 heteroatoms. The Labute approximate surface area is 137 Å². The zero-order valence-corrected chi connectivity index (χ0v) is 14.1. The molecule has 1 aromatic rings. The molecular weight excluding hydrogens is 346 g/mol. The number of nitrogens with one attached hydrogen (secondary N) is 1. The van der Waals surface area contributed by atoms with Gasteiger partial charge in [-0.2, -0.15) is 0 Å². The van der Waals surface area contributed by atoms with Crippen molar-refractivity contribution >= 4 is 33.5 Å². The summed E-state index contributed by atoms with van der Waals surface area (Å²) < 4.78 is 6.41. The maximum absolute atomic E-state index is 12.8. The van der Waals surface area contributed by atoms with Gasteiger partial charge in [-0.3, -0.25) is 9.59 Å². The number of hydrogen-bond donors (Lipinski definition) is 1. The molecule has 1 aliphatic heterocycles. The number of carbonyl (C=O) groups excluding carboxylic acids is 2. The minimum absolute atomic E-state index is 0.0247. The molecule has 1 saturated heterocycles. The van der Waals surface area contributed by atoms with E-state index in [9.17, 15) is 9.59 Å². The summed E-state index contributed by atoms with van der Waals surface area (Å²) in [6.07, 6.45) is 1.88. The lowest BCUT2D eigenvalue weighted by molar-refractivity contribution is -0.145. The molecule has 1 amide bonds. The van der Waals surface area contributed by atoms with E-state index in [2.05, 4.69) is 21.2 Å². The fourth-order valence-corrected chi connectivity index (χ4v) is 5.36.